The van der Waals surface area contributed by atoms with E-state index in [0.717, 1.165) is 0 Å². The van der Waals surface area contributed by atoms with Crippen molar-refractivity contribution in [3.63, 3.8) is 0 Å². The maximum absolute atomic E-state index is 11.4. The monoisotopic (exact) mass is 246 g/mol. The number of hydrogen-bond donors (Lipinski definition) is 3. The third-order valence-electron chi connectivity index (χ3n) is 2.39. The van der Waals surface area contributed by atoms with Crippen LogP contribution >= 0.6 is 0 Å². The van der Waals surface area contributed by atoms with Crippen molar-refractivity contribution in [3.05, 3.63) is 0 Å². The Kier molecular flexibility index (Phi) is 5.71. The van der Waals surface area contributed by atoms with Gasteiger partial charge in [0.2, 0.25) is 0 Å². The van der Waals surface area contributed by atoms with E-state index in [1.165, 1.54) is 0 Å². The van der Waals surface area contributed by atoms with Crippen LogP contribution in [0.2, 0.25) is 0 Å². The highest BCUT2D eigenvalue weighted by Gasteiger charge is 2.19. The number of urea groups is 1. The van der Waals surface area contributed by atoms with Gasteiger partial charge in [0.05, 0.1) is 25.9 Å². The van der Waals surface area contributed by atoms with E-state index in [1.54, 1.807) is 6.92 Å². The summed E-state index contributed by atoms with van der Waals surface area (Å²) in [6.07, 6.45) is 0.172. The van der Waals surface area contributed by atoms with Gasteiger partial charge in [-0.1, -0.05) is 6.92 Å². The van der Waals surface area contributed by atoms with Gasteiger partial charge in [-0.3, -0.25) is 0 Å². The van der Waals surface area contributed by atoms with Crippen LogP contribution in [0, 0.1) is 0 Å². The number of carbonyl (C=O) groups is 2. The van der Waals surface area contributed by atoms with Gasteiger partial charge in [0.25, 0.3) is 0 Å². The molecule has 7 heteroatoms. The fraction of sp³-hybridized carbons (Fsp3) is 0.800. The molecule has 0 aliphatic carbocycles. The molecule has 1 rings (SSSR count). The number of aliphatic carboxylic acids is 1. The number of amides is 2. The molecule has 2 atom stereocenters. The molecule has 98 valence electrons. The number of rotatable bonds is 5. The van der Waals surface area contributed by atoms with Gasteiger partial charge in [-0.2, -0.15) is 0 Å². The molecule has 0 aromatic rings. The lowest BCUT2D eigenvalue weighted by Crippen LogP contribution is -2.48. The molecular weight excluding hydrogens is 228 g/mol. The predicted octanol–water partition coefficient (Wildman–Crippen LogP) is -0.436. The molecule has 1 aliphatic rings. The first kappa shape index (κ1) is 13.7. The average molecular weight is 246 g/mol. The Morgan fingerprint density at radius 2 is 2.24 bits per heavy atom. The Morgan fingerprint density at radius 1 is 1.47 bits per heavy atom. The van der Waals surface area contributed by atoms with E-state index in [0.29, 0.717) is 32.8 Å². The number of carboxylic acid groups (broad SMARTS) is 1. The van der Waals surface area contributed by atoms with Crippen molar-refractivity contribution >= 4 is 12.0 Å². The van der Waals surface area contributed by atoms with Crippen molar-refractivity contribution < 1.29 is 24.2 Å². The van der Waals surface area contributed by atoms with Gasteiger partial charge >= 0.3 is 12.0 Å². The summed E-state index contributed by atoms with van der Waals surface area (Å²) in [5.41, 5.74) is 0. The lowest BCUT2D eigenvalue weighted by molar-refractivity contribution is -0.139. The van der Waals surface area contributed by atoms with E-state index >= 15 is 0 Å². The van der Waals surface area contributed by atoms with Crippen LogP contribution in [0.5, 0.6) is 0 Å². The molecule has 0 aromatic carbocycles. The molecule has 0 saturated carbocycles. The largest absolute Gasteiger partial charge is 0.480 e. The minimum atomic E-state index is -1.04. The maximum atomic E-state index is 11.4. The Labute approximate surface area is 99.5 Å². The van der Waals surface area contributed by atoms with E-state index in [2.05, 4.69) is 10.6 Å². The third-order valence-corrected chi connectivity index (χ3v) is 2.39. The molecule has 0 aromatic heterocycles. The molecule has 7 nitrogen and oxygen atoms in total. The van der Waals surface area contributed by atoms with Gasteiger partial charge in [-0.15, -0.1) is 0 Å². The van der Waals surface area contributed by atoms with Gasteiger partial charge in [0, 0.05) is 6.54 Å². The topological polar surface area (TPSA) is 96.9 Å². The van der Waals surface area contributed by atoms with Crippen molar-refractivity contribution in [2.75, 3.05) is 26.4 Å². The number of carboxylic acids is 1. The normalized spacial score (nSPS) is 21.6. The van der Waals surface area contributed by atoms with Gasteiger partial charge < -0.3 is 25.2 Å². The second-order valence-corrected chi connectivity index (χ2v) is 3.72. The highest BCUT2D eigenvalue weighted by atomic mass is 16.6. The first-order chi connectivity index (χ1) is 8.13. The van der Waals surface area contributed by atoms with Crippen molar-refractivity contribution in [1.29, 1.82) is 0 Å². The van der Waals surface area contributed by atoms with Crippen LogP contribution in [0.1, 0.15) is 13.3 Å². The molecule has 17 heavy (non-hydrogen) atoms. The first-order valence-electron chi connectivity index (χ1n) is 5.60. The number of nitrogens with one attached hydrogen (secondary N) is 2. The Hall–Kier alpha value is -1.34. The molecule has 1 heterocycles. The minimum absolute atomic E-state index is 0.167. The first-order valence-corrected chi connectivity index (χ1v) is 5.60. The van der Waals surface area contributed by atoms with Gasteiger partial charge in [0.15, 0.2) is 0 Å². The maximum Gasteiger partial charge on any atom is 0.326 e. The van der Waals surface area contributed by atoms with Crippen molar-refractivity contribution in [2.45, 2.75) is 25.5 Å². The van der Waals surface area contributed by atoms with E-state index in [-0.39, 0.29) is 6.10 Å². The molecule has 1 saturated heterocycles. The summed E-state index contributed by atoms with van der Waals surface area (Å²) in [6, 6.07) is -1.37. The summed E-state index contributed by atoms with van der Waals surface area (Å²) in [5.74, 6) is -1.04. The zero-order valence-corrected chi connectivity index (χ0v) is 9.77. The molecule has 2 amide bonds. The number of carbonyl (C=O) groups excluding carboxylic acids is 1. The summed E-state index contributed by atoms with van der Waals surface area (Å²) in [6.45, 7) is 3.52. The number of ether oxygens (including phenoxy) is 2. The van der Waals surface area contributed by atoms with Gasteiger partial charge in [-0.25, -0.2) is 9.59 Å². The van der Waals surface area contributed by atoms with Gasteiger partial charge in [-0.05, 0) is 6.42 Å². The summed E-state index contributed by atoms with van der Waals surface area (Å²) in [5, 5.41) is 13.7. The molecule has 3 N–H and O–H groups in total. The van der Waals surface area contributed by atoms with Crippen LogP contribution in [-0.4, -0.2) is 55.6 Å². The SMILES string of the molecule is CC[C@H](NC(=O)NCC1COCCO1)C(=O)O. The summed E-state index contributed by atoms with van der Waals surface area (Å²) in [7, 11) is 0. The van der Waals surface area contributed by atoms with Crippen LogP contribution in [0.15, 0.2) is 0 Å². The van der Waals surface area contributed by atoms with Crippen LogP contribution in [-0.2, 0) is 14.3 Å². The Bertz CT molecular complexity index is 265. The van der Waals surface area contributed by atoms with Crippen molar-refractivity contribution in [3.8, 4) is 0 Å². The predicted molar refractivity (Wildman–Crippen MR) is 58.8 cm³/mol. The van der Waals surface area contributed by atoms with Gasteiger partial charge in [0.1, 0.15) is 6.04 Å². The van der Waals surface area contributed by atoms with Crippen LogP contribution in [0.3, 0.4) is 0 Å². The van der Waals surface area contributed by atoms with E-state index in [1.807, 2.05) is 0 Å². The molecule has 1 fully saturated rings. The van der Waals surface area contributed by atoms with Crippen LogP contribution in [0.4, 0.5) is 4.79 Å². The molecule has 1 unspecified atom stereocenters. The van der Waals surface area contributed by atoms with E-state index in [4.69, 9.17) is 14.6 Å². The zero-order chi connectivity index (χ0) is 12.7. The Balaban J connectivity index is 2.21. The second kappa shape index (κ2) is 7.08. The van der Waals surface area contributed by atoms with E-state index < -0.39 is 18.0 Å². The minimum Gasteiger partial charge on any atom is -0.480 e. The zero-order valence-electron chi connectivity index (χ0n) is 9.77. The summed E-state index contributed by atoms with van der Waals surface area (Å²) in [4.78, 5) is 22.1. The summed E-state index contributed by atoms with van der Waals surface area (Å²) >= 11 is 0. The lowest BCUT2D eigenvalue weighted by Gasteiger charge is -2.23. The highest BCUT2D eigenvalue weighted by Crippen LogP contribution is 1.98. The lowest BCUT2D eigenvalue weighted by atomic mass is 10.2. The molecule has 0 radical (unpaired) electrons. The van der Waals surface area contributed by atoms with E-state index in [9.17, 15) is 9.59 Å². The molecule has 0 bridgehead atoms. The molecule has 0 spiro atoms. The molecular formula is C10H18N2O5. The number of hydrogen-bond acceptors (Lipinski definition) is 4. The second-order valence-electron chi connectivity index (χ2n) is 3.72. The average Bonchev–Trinajstić information content (AvgIpc) is 2.34. The highest BCUT2D eigenvalue weighted by molar-refractivity contribution is 5.82. The molecule has 1 aliphatic heterocycles. The van der Waals surface area contributed by atoms with Crippen LogP contribution < -0.4 is 10.6 Å². The third kappa shape index (κ3) is 5.01. The van der Waals surface area contributed by atoms with Crippen LogP contribution in [0.25, 0.3) is 0 Å². The smallest absolute Gasteiger partial charge is 0.326 e. The fourth-order valence-corrected chi connectivity index (χ4v) is 1.41. The fourth-order valence-electron chi connectivity index (χ4n) is 1.41. The standard InChI is InChI=1S/C10H18N2O5/c1-2-8(9(13)14)12-10(15)11-5-7-6-16-3-4-17-7/h7-8H,2-6H2,1H3,(H,13,14)(H2,11,12,15)/t7?,8-/m0/s1. The summed E-state index contributed by atoms with van der Waals surface area (Å²) < 4.78 is 10.5. The van der Waals surface area contributed by atoms with Crippen molar-refractivity contribution in [1.82, 2.24) is 10.6 Å². The van der Waals surface area contributed by atoms with Crippen molar-refractivity contribution in [2.24, 2.45) is 0 Å². The quantitative estimate of drug-likeness (QED) is 0.611. The Morgan fingerprint density at radius 3 is 2.76 bits per heavy atom.